The van der Waals surface area contributed by atoms with Crippen LogP contribution in [0.25, 0.3) is 0 Å². The lowest BCUT2D eigenvalue weighted by Crippen LogP contribution is -2.38. The Morgan fingerprint density at radius 1 is 0.483 bits per heavy atom. The van der Waals surface area contributed by atoms with Crippen LogP contribution in [0, 0.1) is 11.8 Å². The van der Waals surface area contributed by atoms with Crippen LogP contribution in [0.2, 0.25) is 0 Å². The first kappa shape index (κ1) is 28.5. The molecule has 0 aromatic carbocycles. The van der Waals surface area contributed by atoms with E-state index >= 15 is 0 Å². The molecule has 0 aliphatic carbocycles. The van der Waals surface area contributed by atoms with Gasteiger partial charge in [-0.25, -0.2) is 0 Å². The van der Waals surface area contributed by atoms with Gasteiger partial charge in [-0.3, -0.25) is 0 Å². The minimum atomic E-state index is -0.227. The van der Waals surface area contributed by atoms with E-state index < -0.39 is 0 Å². The Bertz CT molecular complexity index is 352. The van der Waals surface area contributed by atoms with Gasteiger partial charge in [0, 0.05) is 0 Å². The summed E-state index contributed by atoms with van der Waals surface area (Å²) in [6, 6.07) is 0. The molecule has 0 spiro atoms. The van der Waals surface area contributed by atoms with Crippen molar-refractivity contribution in [1.29, 1.82) is 0 Å². The quantitative estimate of drug-likeness (QED) is 0.141. The predicted molar refractivity (Wildman–Crippen MR) is 133 cm³/mol. The fraction of sp³-hybridized carbons (Fsp3) is 0.929. The first-order chi connectivity index (χ1) is 14.2. The Hall–Kier alpha value is -0.480. The van der Waals surface area contributed by atoms with Crippen molar-refractivity contribution in [2.45, 2.75) is 168 Å². The van der Waals surface area contributed by atoms with E-state index in [9.17, 15) is 0 Å². The Labute approximate surface area is 185 Å². The van der Waals surface area contributed by atoms with Crippen molar-refractivity contribution in [2.75, 3.05) is 0 Å². The van der Waals surface area contributed by atoms with Crippen molar-refractivity contribution in [3.63, 3.8) is 0 Å². The van der Waals surface area contributed by atoms with Crippen LogP contribution in [0.1, 0.15) is 162 Å². The van der Waals surface area contributed by atoms with Gasteiger partial charge in [0.25, 0.3) is 0 Å². The summed E-state index contributed by atoms with van der Waals surface area (Å²) in [6.07, 6.45) is 29.9. The molecule has 1 heteroatoms. The van der Waals surface area contributed by atoms with Crippen LogP contribution in [0.4, 0.5) is 0 Å². The third-order valence-corrected chi connectivity index (χ3v) is 6.33. The van der Waals surface area contributed by atoms with Gasteiger partial charge in [0.2, 0.25) is 0 Å². The summed E-state index contributed by atoms with van der Waals surface area (Å²) in [7, 11) is 0. The monoisotopic (exact) mass is 405 g/mol. The maximum absolute atomic E-state index is 6.65. The molecule has 1 nitrogen and oxygen atoms in total. The van der Waals surface area contributed by atoms with Gasteiger partial charge in [0.15, 0.2) is 0 Å². The molecule has 0 radical (unpaired) electrons. The van der Waals surface area contributed by atoms with Crippen LogP contribution in [0.3, 0.4) is 0 Å². The van der Waals surface area contributed by atoms with Crippen LogP contribution in [-0.4, -0.2) is 5.54 Å². The highest BCUT2D eigenvalue weighted by Crippen LogP contribution is 2.21. The van der Waals surface area contributed by atoms with Crippen LogP contribution in [0.15, 0.2) is 0 Å². The Balaban J connectivity index is 3.65. The Morgan fingerprint density at radius 3 is 1.03 bits per heavy atom. The molecule has 0 amide bonds. The summed E-state index contributed by atoms with van der Waals surface area (Å²) in [5.74, 6) is 6.45. The van der Waals surface area contributed by atoms with Gasteiger partial charge in [-0.1, -0.05) is 148 Å². The normalized spacial score (nSPS) is 11.4. The molecule has 0 aromatic heterocycles. The Kier molecular flexibility index (Phi) is 21.8. The second-order valence-corrected chi connectivity index (χ2v) is 9.40. The standard InChI is InChI=1S/C28H55N/c1-4-7-9-11-13-15-17-19-21-23-26-28(29,25-6-3)27-24-22-20-18-16-14-12-10-8-5-2/h4-5,7-24,26-27,29H2,1-3H3. The van der Waals surface area contributed by atoms with Gasteiger partial charge in [-0.05, 0) is 19.8 Å². The first-order valence-corrected chi connectivity index (χ1v) is 13.4. The highest BCUT2D eigenvalue weighted by Gasteiger charge is 2.20. The van der Waals surface area contributed by atoms with Gasteiger partial charge in [0.05, 0.1) is 5.54 Å². The zero-order chi connectivity index (χ0) is 21.5. The summed E-state index contributed by atoms with van der Waals surface area (Å²) in [6.45, 7) is 6.52. The molecule has 0 fully saturated rings. The SMILES string of the molecule is CC#CC(N)(CCCCCCCCCCCC)CCCCCCCCCCCC. The summed E-state index contributed by atoms with van der Waals surface area (Å²) in [5, 5.41) is 0. The first-order valence-electron chi connectivity index (χ1n) is 13.4. The van der Waals surface area contributed by atoms with E-state index in [4.69, 9.17) is 5.73 Å². The highest BCUT2D eigenvalue weighted by atomic mass is 14.7. The minimum Gasteiger partial charge on any atom is -0.315 e. The van der Waals surface area contributed by atoms with Gasteiger partial charge in [-0.2, -0.15) is 0 Å². The van der Waals surface area contributed by atoms with E-state index in [-0.39, 0.29) is 5.54 Å². The summed E-state index contributed by atoms with van der Waals surface area (Å²) in [5.41, 5.74) is 6.43. The molecular formula is C28H55N. The molecule has 0 aliphatic heterocycles. The molecule has 0 saturated carbocycles. The molecule has 0 unspecified atom stereocenters. The lowest BCUT2D eigenvalue weighted by Gasteiger charge is -2.23. The smallest absolute Gasteiger partial charge is 0.0775 e. The zero-order valence-electron chi connectivity index (χ0n) is 20.6. The second-order valence-electron chi connectivity index (χ2n) is 9.40. The van der Waals surface area contributed by atoms with Gasteiger partial charge < -0.3 is 5.73 Å². The molecule has 2 N–H and O–H groups in total. The van der Waals surface area contributed by atoms with E-state index in [0.717, 1.165) is 12.8 Å². The van der Waals surface area contributed by atoms with Crippen LogP contribution < -0.4 is 5.73 Å². The number of hydrogen-bond donors (Lipinski definition) is 1. The minimum absolute atomic E-state index is 0.227. The number of nitrogens with two attached hydrogens (primary N) is 1. The van der Waals surface area contributed by atoms with Crippen LogP contribution in [-0.2, 0) is 0 Å². The van der Waals surface area contributed by atoms with Crippen molar-refractivity contribution in [2.24, 2.45) is 5.73 Å². The van der Waals surface area contributed by atoms with Crippen molar-refractivity contribution in [3.8, 4) is 11.8 Å². The third kappa shape index (κ3) is 20.6. The van der Waals surface area contributed by atoms with E-state index in [0.29, 0.717) is 0 Å². The van der Waals surface area contributed by atoms with Crippen molar-refractivity contribution < 1.29 is 0 Å². The fourth-order valence-electron chi connectivity index (χ4n) is 4.35. The maximum atomic E-state index is 6.65. The second kappa shape index (κ2) is 22.2. The van der Waals surface area contributed by atoms with E-state index in [1.165, 1.54) is 128 Å². The summed E-state index contributed by atoms with van der Waals surface area (Å²) in [4.78, 5) is 0. The van der Waals surface area contributed by atoms with E-state index in [2.05, 4.69) is 25.7 Å². The molecule has 0 atom stereocenters. The van der Waals surface area contributed by atoms with Crippen molar-refractivity contribution >= 4 is 0 Å². The molecule has 172 valence electrons. The molecular weight excluding hydrogens is 350 g/mol. The molecule has 0 saturated heterocycles. The van der Waals surface area contributed by atoms with Crippen LogP contribution in [0.5, 0.6) is 0 Å². The van der Waals surface area contributed by atoms with E-state index in [1.54, 1.807) is 0 Å². The lowest BCUT2D eigenvalue weighted by molar-refractivity contribution is 0.414. The van der Waals surface area contributed by atoms with Gasteiger partial charge in [-0.15, -0.1) is 5.92 Å². The van der Waals surface area contributed by atoms with E-state index in [1.807, 2.05) is 6.92 Å². The third-order valence-electron chi connectivity index (χ3n) is 6.33. The molecule has 0 bridgehead atoms. The number of hydrogen-bond acceptors (Lipinski definition) is 1. The fourth-order valence-corrected chi connectivity index (χ4v) is 4.35. The summed E-state index contributed by atoms with van der Waals surface area (Å²) < 4.78 is 0. The number of rotatable bonds is 22. The summed E-state index contributed by atoms with van der Waals surface area (Å²) >= 11 is 0. The van der Waals surface area contributed by atoms with Gasteiger partial charge in [0.1, 0.15) is 0 Å². The zero-order valence-corrected chi connectivity index (χ0v) is 20.6. The van der Waals surface area contributed by atoms with Gasteiger partial charge >= 0.3 is 0 Å². The Morgan fingerprint density at radius 2 is 0.759 bits per heavy atom. The highest BCUT2D eigenvalue weighted by molar-refractivity contribution is 5.15. The molecule has 0 aliphatic rings. The topological polar surface area (TPSA) is 26.0 Å². The van der Waals surface area contributed by atoms with Crippen molar-refractivity contribution in [3.05, 3.63) is 0 Å². The lowest BCUT2D eigenvalue weighted by atomic mass is 9.87. The maximum Gasteiger partial charge on any atom is 0.0775 e. The number of unbranched alkanes of at least 4 members (excludes halogenated alkanes) is 18. The average molecular weight is 406 g/mol. The molecule has 0 rings (SSSR count). The largest absolute Gasteiger partial charge is 0.315 e. The van der Waals surface area contributed by atoms with Crippen LogP contribution >= 0.6 is 0 Å². The van der Waals surface area contributed by atoms with Crippen molar-refractivity contribution in [1.82, 2.24) is 0 Å². The molecule has 29 heavy (non-hydrogen) atoms. The predicted octanol–water partition coefficient (Wildman–Crippen LogP) is 9.33. The molecule has 0 aromatic rings. The average Bonchev–Trinajstić information content (AvgIpc) is 2.71. The molecule has 0 heterocycles.